The van der Waals surface area contributed by atoms with E-state index in [2.05, 4.69) is 15.8 Å². The Hall–Kier alpha value is -2.86. The first kappa shape index (κ1) is 14.7. The van der Waals surface area contributed by atoms with Crippen LogP contribution in [-0.2, 0) is 0 Å². The molecule has 0 aliphatic carbocycles. The lowest BCUT2D eigenvalue weighted by Gasteiger charge is -2.17. The van der Waals surface area contributed by atoms with Crippen molar-refractivity contribution in [3.63, 3.8) is 0 Å². The first-order chi connectivity index (χ1) is 11.8. The molecule has 1 atom stereocenters. The molecule has 0 aliphatic heterocycles. The number of nitrogens with one attached hydrogen (secondary N) is 1. The van der Waals surface area contributed by atoms with Gasteiger partial charge in [0.1, 0.15) is 5.58 Å². The lowest BCUT2D eigenvalue weighted by molar-refractivity contribution is 0.0923. The van der Waals surface area contributed by atoms with Gasteiger partial charge in [-0.1, -0.05) is 18.2 Å². The van der Waals surface area contributed by atoms with Crippen LogP contribution in [0.4, 0.5) is 0 Å². The van der Waals surface area contributed by atoms with Crippen LogP contribution in [0.3, 0.4) is 0 Å². The molecule has 0 spiro atoms. The van der Waals surface area contributed by atoms with Crippen LogP contribution in [0.15, 0.2) is 70.0 Å². The second-order valence-corrected chi connectivity index (χ2v) is 6.20. The number of fused-ring (bicyclic) bond motifs is 1. The highest BCUT2D eigenvalue weighted by molar-refractivity contribution is 7.07. The molecular weight excluding hydrogens is 322 g/mol. The lowest BCUT2D eigenvalue weighted by atomic mass is 10.1. The molecule has 1 aromatic carbocycles. The second-order valence-electron chi connectivity index (χ2n) is 5.42. The van der Waals surface area contributed by atoms with E-state index in [0.29, 0.717) is 17.9 Å². The van der Waals surface area contributed by atoms with Gasteiger partial charge in [0, 0.05) is 24.3 Å². The summed E-state index contributed by atoms with van der Waals surface area (Å²) in [6, 6.07) is 13.2. The minimum atomic E-state index is -0.224. The third-order valence-corrected chi connectivity index (χ3v) is 4.58. The minimum absolute atomic E-state index is 0.0421. The number of nitrogens with zero attached hydrogens (tertiary/aromatic N) is 2. The molecule has 6 heteroatoms. The van der Waals surface area contributed by atoms with Crippen LogP contribution in [0.25, 0.3) is 11.0 Å². The smallest absolute Gasteiger partial charge is 0.287 e. The summed E-state index contributed by atoms with van der Waals surface area (Å²) in [6.07, 6.45) is 3.64. The highest BCUT2D eigenvalue weighted by Gasteiger charge is 2.18. The van der Waals surface area contributed by atoms with Gasteiger partial charge in [-0.2, -0.15) is 16.4 Å². The Labute approximate surface area is 142 Å². The van der Waals surface area contributed by atoms with Gasteiger partial charge in [0.15, 0.2) is 5.76 Å². The van der Waals surface area contributed by atoms with Crippen molar-refractivity contribution < 1.29 is 9.21 Å². The van der Waals surface area contributed by atoms with Gasteiger partial charge in [-0.15, -0.1) is 0 Å². The number of amides is 1. The standard InChI is InChI=1S/C18H15N3O2S/c22-18(17-10-13-4-1-2-5-16(13)23-17)19-11-15(14-6-9-24-12-14)21-8-3-7-20-21/h1-10,12,15H,11H2,(H,19,22)/t15-/m0/s1. The fraction of sp³-hybridized carbons (Fsp3) is 0.111. The van der Waals surface area contributed by atoms with Gasteiger partial charge in [-0.3, -0.25) is 9.48 Å². The third kappa shape index (κ3) is 2.83. The fourth-order valence-corrected chi connectivity index (χ4v) is 3.37. The van der Waals surface area contributed by atoms with Gasteiger partial charge in [0.25, 0.3) is 5.91 Å². The first-order valence-corrected chi connectivity index (χ1v) is 8.53. The minimum Gasteiger partial charge on any atom is -0.451 e. The zero-order valence-corrected chi connectivity index (χ0v) is 13.6. The maximum Gasteiger partial charge on any atom is 0.287 e. The monoisotopic (exact) mass is 337 g/mol. The molecule has 1 amide bonds. The van der Waals surface area contributed by atoms with E-state index in [4.69, 9.17) is 4.42 Å². The van der Waals surface area contributed by atoms with Crippen molar-refractivity contribution >= 4 is 28.2 Å². The Morgan fingerprint density at radius 2 is 2.21 bits per heavy atom. The van der Waals surface area contributed by atoms with Gasteiger partial charge >= 0.3 is 0 Å². The average Bonchev–Trinajstić information content (AvgIpc) is 3.35. The molecule has 0 saturated carbocycles. The number of carbonyl (C=O) groups is 1. The van der Waals surface area contributed by atoms with Crippen LogP contribution in [0.5, 0.6) is 0 Å². The van der Waals surface area contributed by atoms with Gasteiger partial charge in [0.05, 0.1) is 6.04 Å². The summed E-state index contributed by atoms with van der Waals surface area (Å²) in [7, 11) is 0. The van der Waals surface area contributed by atoms with E-state index >= 15 is 0 Å². The van der Waals surface area contributed by atoms with E-state index in [9.17, 15) is 4.79 Å². The Bertz CT molecular complexity index is 875. The number of carbonyl (C=O) groups excluding carboxylic acids is 1. The zero-order chi connectivity index (χ0) is 16.4. The molecule has 0 bridgehead atoms. The summed E-state index contributed by atoms with van der Waals surface area (Å²) in [4.78, 5) is 12.4. The number of hydrogen-bond donors (Lipinski definition) is 1. The number of furan rings is 1. The first-order valence-electron chi connectivity index (χ1n) is 7.59. The van der Waals surface area contributed by atoms with Crippen molar-refractivity contribution in [2.24, 2.45) is 0 Å². The maximum atomic E-state index is 12.4. The van der Waals surface area contributed by atoms with E-state index in [1.165, 1.54) is 0 Å². The van der Waals surface area contributed by atoms with E-state index in [0.717, 1.165) is 10.9 Å². The number of rotatable bonds is 5. The predicted molar refractivity (Wildman–Crippen MR) is 93.2 cm³/mol. The van der Waals surface area contributed by atoms with E-state index < -0.39 is 0 Å². The molecule has 24 heavy (non-hydrogen) atoms. The van der Waals surface area contributed by atoms with E-state index in [1.54, 1.807) is 23.6 Å². The van der Waals surface area contributed by atoms with Crippen molar-refractivity contribution in [3.05, 3.63) is 76.9 Å². The normalized spacial score (nSPS) is 12.3. The van der Waals surface area contributed by atoms with Crippen LogP contribution in [-0.4, -0.2) is 22.2 Å². The molecule has 0 unspecified atom stereocenters. The Kier molecular flexibility index (Phi) is 3.88. The van der Waals surface area contributed by atoms with E-state index in [1.807, 2.05) is 52.7 Å². The van der Waals surface area contributed by atoms with Crippen LogP contribution in [0, 0.1) is 0 Å². The third-order valence-electron chi connectivity index (χ3n) is 3.88. The van der Waals surface area contributed by atoms with Crippen LogP contribution in [0.1, 0.15) is 22.2 Å². The highest BCUT2D eigenvalue weighted by Crippen LogP contribution is 2.21. The van der Waals surface area contributed by atoms with Gasteiger partial charge in [-0.05, 0) is 40.6 Å². The fourth-order valence-electron chi connectivity index (χ4n) is 2.66. The molecule has 0 fully saturated rings. The Morgan fingerprint density at radius 3 is 2.96 bits per heavy atom. The van der Waals surface area contributed by atoms with Gasteiger partial charge in [-0.25, -0.2) is 0 Å². The summed E-state index contributed by atoms with van der Waals surface area (Å²) in [5.74, 6) is 0.0966. The van der Waals surface area contributed by atoms with Gasteiger partial charge < -0.3 is 9.73 Å². The van der Waals surface area contributed by atoms with Crippen molar-refractivity contribution in [1.29, 1.82) is 0 Å². The molecule has 4 aromatic rings. The summed E-state index contributed by atoms with van der Waals surface area (Å²) in [6.45, 7) is 0.439. The zero-order valence-electron chi connectivity index (χ0n) is 12.8. The molecule has 3 aromatic heterocycles. The topological polar surface area (TPSA) is 60.1 Å². The van der Waals surface area contributed by atoms with Crippen LogP contribution >= 0.6 is 11.3 Å². The predicted octanol–water partition coefficient (Wildman–Crippen LogP) is 3.71. The largest absolute Gasteiger partial charge is 0.451 e. The molecule has 1 N–H and O–H groups in total. The molecule has 0 saturated heterocycles. The summed E-state index contributed by atoms with van der Waals surface area (Å²) < 4.78 is 7.46. The van der Waals surface area contributed by atoms with Crippen molar-refractivity contribution in [2.45, 2.75) is 6.04 Å². The molecular formula is C18H15N3O2S. The quantitative estimate of drug-likeness (QED) is 0.604. The van der Waals surface area contributed by atoms with Crippen LogP contribution in [0.2, 0.25) is 0 Å². The van der Waals surface area contributed by atoms with Crippen molar-refractivity contribution in [2.75, 3.05) is 6.54 Å². The average molecular weight is 337 g/mol. The number of hydrogen-bond acceptors (Lipinski definition) is 4. The molecule has 0 radical (unpaired) electrons. The maximum absolute atomic E-state index is 12.4. The number of aromatic nitrogens is 2. The number of para-hydroxylation sites is 1. The van der Waals surface area contributed by atoms with Gasteiger partial charge in [0.2, 0.25) is 0 Å². The SMILES string of the molecule is O=C(NC[C@@H](c1ccsc1)n1cccn1)c1cc2ccccc2o1. The molecule has 5 nitrogen and oxygen atoms in total. The summed E-state index contributed by atoms with van der Waals surface area (Å²) in [5.41, 5.74) is 1.83. The molecule has 3 heterocycles. The van der Waals surface area contributed by atoms with Crippen molar-refractivity contribution in [1.82, 2.24) is 15.1 Å². The number of thiophene rings is 1. The Balaban J connectivity index is 1.52. The number of benzene rings is 1. The van der Waals surface area contributed by atoms with E-state index in [-0.39, 0.29) is 11.9 Å². The highest BCUT2D eigenvalue weighted by atomic mass is 32.1. The Morgan fingerprint density at radius 1 is 1.29 bits per heavy atom. The molecule has 0 aliphatic rings. The molecule has 120 valence electrons. The molecule has 4 rings (SSSR count). The summed E-state index contributed by atoms with van der Waals surface area (Å²) in [5, 5.41) is 12.3. The van der Waals surface area contributed by atoms with Crippen molar-refractivity contribution in [3.8, 4) is 0 Å². The lowest BCUT2D eigenvalue weighted by Crippen LogP contribution is -2.31. The second kappa shape index (κ2) is 6.33. The van der Waals surface area contributed by atoms with Crippen LogP contribution < -0.4 is 5.32 Å². The summed E-state index contributed by atoms with van der Waals surface area (Å²) >= 11 is 1.63.